The SMILES string of the molecule is O=C1N(CCc2ccccc2)CC=CC[C@@]12CN(Cc1ccc(F)cc1)CCO2. The third-order valence-corrected chi connectivity index (χ3v) is 5.71. The molecule has 0 unspecified atom stereocenters. The fraction of sp³-hybridized carbons (Fsp3) is 0.375. The van der Waals surface area contributed by atoms with Crippen LogP contribution < -0.4 is 0 Å². The van der Waals surface area contributed by atoms with Crippen LogP contribution in [0.3, 0.4) is 0 Å². The van der Waals surface area contributed by atoms with Crippen molar-refractivity contribution in [3.63, 3.8) is 0 Å². The number of ether oxygens (including phenoxy) is 1. The van der Waals surface area contributed by atoms with E-state index in [-0.39, 0.29) is 11.7 Å². The fourth-order valence-corrected chi connectivity index (χ4v) is 4.13. The minimum absolute atomic E-state index is 0.0715. The minimum atomic E-state index is -0.831. The number of hydrogen-bond acceptors (Lipinski definition) is 3. The van der Waals surface area contributed by atoms with Crippen LogP contribution in [0.25, 0.3) is 0 Å². The largest absolute Gasteiger partial charge is 0.362 e. The van der Waals surface area contributed by atoms with E-state index in [1.165, 1.54) is 17.7 Å². The van der Waals surface area contributed by atoms with Crippen LogP contribution in [0.5, 0.6) is 0 Å². The predicted octanol–water partition coefficient (Wildman–Crippen LogP) is 3.43. The molecule has 1 spiro atoms. The minimum Gasteiger partial charge on any atom is -0.362 e. The molecule has 2 aliphatic rings. The average molecular weight is 394 g/mol. The standard InChI is InChI=1S/C24H27FN2O2/c25-22-10-8-21(9-11-22)18-26-16-17-29-24(19-26)13-4-5-14-27(23(24)28)15-12-20-6-2-1-3-7-20/h1-11H,12-19H2/t24-/m1/s1. The fourth-order valence-electron chi connectivity index (χ4n) is 4.13. The van der Waals surface area contributed by atoms with Crippen LogP contribution in [-0.2, 0) is 22.5 Å². The number of hydrogen-bond donors (Lipinski definition) is 0. The monoisotopic (exact) mass is 394 g/mol. The summed E-state index contributed by atoms with van der Waals surface area (Å²) in [4.78, 5) is 17.6. The van der Waals surface area contributed by atoms with Gasteiger partial charge in [0.1, 0.15) is 5.82 Å². The van der Waals surface area contributed by atoms with Gasteiger partial charge in [-0.05, 0) is 29.7 Å². The summed E-state index contributed by atoms with van der Waals surface area (Å²) >= 11 is 0. The second kappa shape index (κ2) is 8.89. The van der Waals surface area contributed by atoms with Crippen LogP contribution in [0.2, 0.25) is 0 Å². The van der Waals surface area contributed by atoms with Gasteiger partial charge in [0, 0.05) is 39.1 Å². The van der Waals surface area contributed by atoms with E-state index in [1.54, 1.807) is 12.1 Å². The maximum absolute atomic E-state index is 13.5. The van der Waals surface area contributed by atoms with Gasteiger partial charge in [0.15, 0.2) is 5.60 Å². The van der Waals surface area contributed by atoms with Gasteiger partial charge < -0.3 is 9.64 Å². The Labute approximate surface area is 171 Å². The topological polar surface area (TPSA) is 32.8 Å². The maximum atomic E-state index is 13.5. The summed E-state index contributed by atoms with van der Waals surface area (Å²) in [6.45, 7) is 3.82. The summed E-state index contributed by atoms with van der Waals surface area (Å²) in [6, 6.07) is 16.8. The Balaban J connectivity index is 1.45. The molecule has 2 aliphatic heterocycles. The van der Waals surface area contributed by atoms with Crippen LogP contribution in [-0.4, -0.2) is 54.1 Å². The molecule has 0 saturated carbocycles. The van der Waals surface area contributed by atoms with Crippen LogP contribution in [0.1, 0.15) is 17.5 Å². The third-order valence-electron chi connectivity index (χ3n) is 5.71. The first-order valence-electron chi connectivity index (χ1n) is 10.2. The number of carbonyl (C=O) groups is 1. The molecule has 1 atom stereocenters. The van der Waals surface area contributed by atoms with E-state index in [4.69, 9.17) is 4.74 Å². The number of nitrogens with zero attached hydrogens (tertiary/aromatic N) is 2. The lowest BCUT2D eigenvalue weighted by Crippen LogP contribution is -2.60. The van der Waals surface area contributed by atoms with Crippen LogP contribution in [0.15, 0.2) is 66.7 Å². The van der Waals surface area contributed by atoms with Crippen molar-refractivity contribution >= 4 is 5.91 Å². The van der Waals surface area contributed by atoms with Gasteiger partial charge in [-0.25, -0.2) is 4.39 Å². The van der Waals surface area contributed by atoms with Crippen LogP contribution >= 0.6 is 0 Å². The van der Waals surface area contributed by atoms with Gasteiger partial charge in [-0.1, -0.05) is 54.6 Å². The van der Waals surface area contributed by atoms with Gasteiger partial charge in [-0.2, -0.15) is 0 Å². The van der Waals surface area contributed by atoms with Crippen molar-refractivity contribution in [1.82, 2.24) is 9.80 Å². The highest BCUT2D eigenvalue weighted by atomic mass is 19.1. The number of halogens is 1. The van der Waals surface area contributed by atoms with Crippen molar-refractivity contribution in [1.29, 1.82) is 0 Å². The Hall–Kier alpha value is -2.50. The first-order valence-corrected chi connectivity index (χ1v) is 10.2. The third kappa shape index (κ3) is 4.74. The molecule has 29 heavy (non-hydrogen) atoms. The molecule has 152 valence electrons. The molecule has 5 heteroatoms. The Morgan fingerprint density at radius 2 is 1.79 bits per heavy atom. The first-order chi connectivity index (χ1) is 14.1. The molecule has 4 rings (SSSR count). The normalized spacial score (nSPS) is 22.8. The van der Waals surface area contributed by atoms with Crippen molar-refractivity contribution in [3.8, 4) is 0 Å². The molecular formula is C24H27FN2O2. The van der Waals surface area contributed by atoms with E-state index in [2.05, 4.69) is 29.2 Å². The van der Waals surface area contributed by atoms with E-state index in [1.807, 2.05) is 23.1 Å². The van der Waals surface area contributed by atoms with E-state index in [0.29, 0.717) is 39.2 Å². The van der Waals surface area contributed by atoms with Gasteiger partial charge in [0.05, 0.1) is 6.61 Å². The molecule has 0 aliphatic carbocycles. The Morgan fingerprint density at radius 3 is 2.59 bits per heavy atom. The molecular weight excluding hydrogens is 367 g/mol. The summed E-state index contributed by atoms with van der Waals surface area (Å²) in [6.07, 6.45) is 5.56. The van der Waals surface area contributed by atoms with Crippen molar-refractivity contribution < 1.29 is 13.9 Å². The Kier molecular flexibility index (Phi) is 6.07. The highest BCUT2D eigenvalue weighted by Crippen LogP contribution is 2.28. The zero-order chi connectivity index (χ0) is 20.1. The average Bonchev–Trinajstić information content (AvgIpc) is 2.89. The lowest BCUT2D eigenvalue weighted by molar-refractivity contribution is -0.170. The van der Waals surface area contributed by atoms with Gasteiger partial charge in [0.25, 0.3) is 5.91 Å². The molecule has 2 heterocycles. The predicted molar refractivity (Wildman–Crippen MR) is 111 cm³/mol. The van der Waals surface area contributed by atoms with E-state index >= 15 is 0 Å². The second-order valence-corrected chi connectivity index (χ2v) is 7.84. The summed E-state index contributed by atoms with van der Waals surface area (Å²) in [5.74, 6) is -0.160. The molecule has 1 fully saturated rings. The molecule has 1 saturated heterocycles. The van der Waals surface area contributed by atoms with E-state index in [9.17, 15) is 9.18 Å². The highest BCUT2D eigenvalue weighted by Gasteiger charge is 2.45. The maximum Gasteiger partial charge on any atom is 0.256 e. The molecule has 1 amide bonds. The molecule has 0 aromatic heterocycles. The zero-order valence-electron chi connectivity index (χ0n) is 16.6. The number of morpholine rings is 1. The zero-order valence-corrected chi connectivity index (χ0v) is 16.6. The van der Waals surface area contributed by atoms with Crippen LogP contribution in [0.4, 0.5) is 4.39 Å². The number of benzene rings is 2. The van der Waals surface area contributed by atoms with Gasteiger partial charge in [-0.15, -0.1) is 0 Å². The Morgan fingerprint density at radius 1 is 1.00 bits per heavy atom. The van der Waals surface area contributed by atoms with Gasteiger partial charge >= 0.3 is 0 Å². The number of rotatable bonds is 5. The molecule has 0 bridgehead atoms. The van der Waals surface area contributed by atoms with Crippen LogP contribution in [0, 0.1) is 5.82 Å². The van der Waals surface area contributed by atoms with Crippen molar-refractivity contribution in [3.05, 3.63) is 83.7 Å². The summed E-state index contributed by atoms with van der Waals surface area (Å²) in [7, 11) is 0. The molecule has 0 N–H and O–H groups in total. The molecule has 2 aromatic rings. The lowest BCUT2D eigenvalue weighted by Gasteiger charge is -2.42. The number of carbonyl (C=O) groups excluding carboxylic acids is 1. The lowest BCUT2D eigenvalue weighted by atomic mass is 9.95. The first kappa shape index (κ1) is 19.8. The van der Waals surface area contributed by atoms with Crippen molar-refractivity contribution in [2.45, 2.75) is 25.0 Å². The quantitative estimate of drug-likeness (QED) is 0.729. The smallest absolute Gasteiger partial charge is 0.256 e. The van der Waals surface area contributed by atoms with Crippen molar-refractivity contribution in [2.75, 3.05) is 32.8 Å². The molecule has 2 aromatic carbocycles. The van der Waals surface area contributed by atoms with Crippen molar-refractivity contribution in [2.24, 2.45) is 0 Å². The van der Waals surface area contributed by atoms with E-state index in [0.717, 1.165) is 18.5 Å². The molecule has 4 nitrogen and oxygen atoms in total. The van der Waals surface area contributed by atoms with E-state index < -0.39 is 5.60 Å². The highest BCUT2D eigenvalue weighted by molar-refractivity contribution is 5.86. The summed E-state index contributed by atoms with van der Waals surface area (Å²) in [5.41, 5.74) is 1.44. The van der Waals surface area contributed by atoms with Gasteiger partial charge in [0.2, 0.25) is 0 Å². The summed E-state index contributed by atoms with van der Waals surface area (Å²) in [5, 5.41) is 0. The Bertz CT molecular complexity index is 853. The second-order valence-electron chi connectivity index (χ2n) is 7.84. The number of amides is 1. The van der Waals surface area contributed by atoms with Gasteiger partial charge in [-0.3, -0.25) is 9.69 Å². The molecule has 0 radical (unpaired) electrons. The summed E-state index contributed by atoms with van der Waals surface area (Å²) < 4.78 is 19.3.